The predicted octanol–water partition coefficient (Wildman–Crippen LogP) is 2.87. The molecule has 0 aliphatic carbocycles. The van der Waals surface area contributed by atoms with E-state index >= 15 is 0 Å². The van der Waals surface area contributed by atoms with Crippen LogP contribution in [0.3, 0.4) is 0 Å². The Labute approximate surface area is 140 Å². The molecule has 6 heteroatoms. The van der Waals surface area contributed by atoms with Crippen LogP contribution in [0.4, 0.5) is 0 Å². The number of aromatic nitrogens is 2. The molecule has 0 saturated carbocycles. The summed E-state index contributed by atoms with van der Waals surface area (Å²) in [6.07, 6.45) is 2.24. The number of likely N-dealkylation sites (tertiary alicyclic amines) is 1. The van der Waals surface area contributed by atoms with Gasteiger partial charge in [0, 0.05) is 18.7 Å². The maximum atomic E-state index is 12.0. The van der Waals surface area contributed by atoms with E-state index in [1.807, 2.05) is 41.3 Å². The fourth-order valence-corrected chi connectivity index (χ4v) is 3.22. The standard InChI is InChI=1S/C17H19N3O2S/c1-22-14-6-4-13(5-7-14)15-8-9-16(19-18-15)23-12-17(21)20-10-2-3-11-20/h4-9H,2-3,10-12H2,1H3. The highest BCUT2D eigenvalue weighted by molar-refractivity contribution is 7.99. The monoisotopic (exact) mass is 329 g/mol. The van der Waals surface area contributed by atoms with Crippen LogP contribution in [0.2, 0.25) is 0 Å². The molecular formula is C17H19N3O2S. The molecule has 1 aliphatic rings. The minimum Gasteiger partial charge on any atom is -0.497 e. The first-order valence-corrected chi connectivity index (χ1v) is 8.63. The number of carbonyl (C=O) groups excluding carboxylic acids is 1. The van der Waals surface area contributed by atoms with Crippen LogP contribution in [0.25, 0.3) is 11.3 Å². The molecular weight excluding hydrogens is 310 g/mol. The molecule has 0 atom stereocenters. The van der Waals surface area contributed by atoms with Crippen molar-refractivity contribution in [2.45, 2.75) is 17.9 Å². The van der Waals surface area contributed by atoms with Gasteiger partial charge < -0.3 is 9.64 Å². The molecule has 0 N–H and O–H groups in total. The molecule has 5 nitrogen and oxygen atoms in total. The van der Waals surface area contributed by atoms with Crippen molar-refractivity contribution < 1.29 is 9.53 Å². The van der Waals surface area contributed by atoms with E-state index in [0.29, 0.717) is 5.75 Å². The van der Waals surface area contributed by atoms with Gasteiger partial charge in [-0.25, -0.2) is 0 Å². The zero-order valence-electron chi connectivity index (χ0n) is 13.1. The smallest absolute Gasteiger partial charge is 0.232 e. The van der Waals surface area contributed by atoms with Crippen molar-refractivity contribution in [3.8, 4) is 17.0 Å². The molecule has 1 amide bonds. The van der Waals surface area contributed by atoms with Crippen molar-refractivity contribution in [3.63, 3.8) is 0 Å². The van der Waals surface area contributed by atoms with E-state index < -0.39 is 0 Å². The molecule has 1 fully saturated rings. The number of amides is 1. The number of hydrogen-bond acceptors (Lipinski definition) is 5. The van der Waals surface area contributed by atoms with E-state index in [1.165, 1.54) is 11.8 Å². The number of carbonyl (C=O) groups is 1. The fraction of sp³-hybridized carbons (Fsp3) is 0.353. The minimum absolute atomic E-state index is 0.188. The van der Waals surface area contributed by atoms with Crippen molar-refractivity contribution in [3.05, 3.63) is 36.4 Å². The van der Waals surface area contributed by atoms with Gasteiger partial charge in [0.25, 0.3) is 0 Å². The van der Waals surface area contributed by atoms with Crippen molar-refractivity contribution in [2.24, 2.45) is 0 Å². The van der Waals surface area contributed by atoms with Gasteiger partial charge in [-0.1, -0.05) is 11.8 Å². The van der Waals surface area contributed by atoms with Gasteiger partial charge in [0.15, 0.2) is 0 Å². The summed E-state index contributed by atoms with van der Waals surface area (Å²) in [4.78, 5) is 13.9. The Morgan fingerprint density at radius 1 is 1.13 bits per heavy atom. The number of methoxy groups -OCH3 is 1. The van der Waals surface area contributed by atoms with E-state index in [0.717, 1.165) is 48.0 Å². The van der Waals surface area contributed by atoms with Crippen molar-refractivity contribution >= 4 is 17.7 Å². The lowest BCUT2D eigenvalue weighted by atomic mass is 10.1. The highest BCUT2D eigenvalue weighted by Gasteiger charge is 2.17. The Morgan fingerprint density at radius 3 is 2.48 bits per heavy atom. The third-order valence-electron chi connectivity index (χ3n) is 3.83. The van der Waals surface area contributed by atoms with Crippen LogP contribution in [0, 0.1) is 0 Å². The SMILES string of the molecule is COc1ccc(-c2ccc(SCC(=O)N3CCCC3)nn2)cc1. The lowest BCUT2D eigenvalue weighted by Gasteiger charge is -2.14. The third kappa shape index (κ3) is 4.01. The summed E-state index contributed by atoms with van der Waals surface area (Å²) in [6.45, 7) is 1.78. The maximum Gasteiger partial charge on any atom is 0.232 e. The average Bonchev–Trinajstić information content (AvgIpc) is 3.15. The molecule has 2 heterocycles. The van der Waals surface area contributed by atoms with E-state index in [1.54, 1.807) is 7.11 Å². The maximum absolute atomic E-state index is 12.0. The number of hydrogen-bond donors (Lipinski definition) is 0. The molecule has 1 saturated heterocycles. The van der Waals surface area contributed by atoms with Gasteiger partial charge in [0.1, 0.15) is 10.8 Å². The zero-order chi connectivity index (χ0) is 16.1. The second kappa shape index (κ2) is 7.46. The first kappa shape index (κ1) is 15.8. The Morgan fingerprint density at radius 2 is 1.87 bits per heavy atom. The molecule has 120 valence electrons. The summed E-state index contributed by atoms with van der Waals surface area (Å²) >= 11 is 1.44. The van der Waals surface area contributed by atoms with Crippen LogP contribution in [-0.2, 0) is 4.79 Å². The first-order chi connectivity index (χ1) is 11.3. The van der Waals surface area contributed by atoms with E-state index in [2.05, 4.69) is 10.2 Å². The van der Waals surface area contributed by atoms with Crippen LogP contribution in [0.15, 0.2) is 41.4 Å². The van der Waals surface area contributed by atoms with Gasteiger partial charge in [-0.15, -0.1) is 10.2 Å². The Balaban J connectivity index is 1.59. The van der Waals surface area contributed by atoms with Crippen LogP contribution in [0.1, 0.15) is 12.8 Å². The highest BCUT2D eigenvalue weighted by Crippen LogP contribution is 2.22. The zero-order valence-corrected chi connectivity index (χ0v) is 13.9. The number of thioether (sulfide) groups is 1. The molecule has 0 bridgehead atoms. The van der Waals surface area contributed by atoms with Crippen molar-refractivity contribution in [1.29, 1.82) is 0 Å². The Bertz CT molecular complexity index is 653. The quantitative estimate of drug-likeness (QED) is 0.790. The summed E-state index contributed by atoms with van der Waals surface area (Å²) in [5.41, 5.74) is 1.80. The van der Waals surface area contributed by atoms with Crippen LogP contribution < -0.4 is 4.74 Å². The normalized spacial score (nSPS) is 14.0. The minimum atomic E-state index is 0.188. The number of benzene rings is 1. The second-order valence-corrected chi connectivity index (χ2v) is 6.36. The van der Waals surface area contributed by atoms with Gasteiger partial charge in [-0.3, -0.25) is 4.79 Å². The summed E-state index contributed by atoms with van der Waals surface area (Å²) in [5, 5.41) is 9.22. The van der Waals surface area contributed by atoms with Gasteiger partial charge in [-0.2, -0.15) is 0 Å². The van der Waals surface area contributed by atoms with Gasteiger partial charge in [-0.05, 0) is 49.2 Å². The molecule has 0 spiro atoms. The molecule has 1 aromatic carbocycles. The first-order valence-electron chi connectivity index (χ1n) is 7.65. The molecule has 23 heavy (non-hydrogen) atoms. The summed E-state index contributed by atoms with van der Waals surface area (Å²) in [7, 11) is 1.64. The van der Waals surface area contributed by atoms with Gasteiger partial charge in [0.2, 0.25) is 5.91 Å². The van der Waals surface area contributed by atoms with Crippen LogP contribution in [-0.4, -0.2) is 47.0 Å². The number of ether oxygens (including phenoxy) is 1. The molecule has 0 radical (unpaired) electrons. The summed E-state index contributed by atoms with van der Waals surface area (Å²) in [6, 6.07) is 11.5. The Kier molecular flexibility index (Phi) is 5.12. The number of rotatable bonds is 5. The van der Waals surface area contributed by atoms with Crippen LogP contribution >= 0.6 is 11.8 Å². The Hall–Kier alpha value is -2.08. The van der Waals surface area contributed by atoms with Crippen molar-refractivity contribution in [2.75, 3.05) is 26.0 Å². The molecule has 2 aromatic rings. The molecule has 0 unspecified atom stereocenters. The topological polar surface area (TPSA) is 55.3 Å². The summed E-state index contributed by atoms with van der Waals surface area (Å²) < 4.78 is 5.15. The average molecular weight is 329 g/mol. The second-order valence-electron chi connectivity index (χ2n) is 5.36. The van der Waals surface area contributed by atoms with E-state index in [4.69, 9.17) is 4.74 Å². The van der Waals surface area contributed by atoms with E-state index in [-0.39, 0.29) is 5.91 Å². The summed E-state index contributed by atoms with van der Waals surface area (Å²) in [5.74, 6) is 1.43. The largest absolute Gasteiger partial charge is 0.497 e. The predicted molar refractivity (Wildman–Crippen MR) is 90.6 cm³/mol. The highest BCUT2D eigenvalue weighted by atomic mass is 32.2. The number of nitrogens with zero attached hydrogens (tertiary/aromatic N) is 3. The molecule has 3 rings (SSSR count). The van der Waals surface area contributed by atoms with Gasteiger partial charge in [0.05, 0.1) is 18.6 Å². The van der Waals surface area contributed by atoms with Crippen molar-refractivity contribution in [1.82, 2.24) is 15.1 Å². The lowest BCUT2D eigenvalue weighted by molar-refractivity contribution is -0.127. The molecule has 1 aromatic heterocycles. The van der Waals surface area contributed by atoms with Crippen LogP contribution in [0.5, 0.6) is 5.75 Å². The lowest BCUT2D eigenvalue weighted by Crippen LogP contribution is -2.29. The van der Waals surface area contributed by atoms with E-state index in [9.17, 15) is 4.79 Å². The third-order valence-corrected chi connectivity index (χ3v) is 4.73. The fourth-order valence-electron chi connectivity index (χ4n) is 2.51. The molecule has 1 aliphatic heterocycles. The van der Waals surface area contributed by atoms with Gasteiger partial charge >= 0.3 is 0 Å².